The van der Waals surface area contributed by atoms with E-state index in [1.165, 1.54) is 135 Å². The summed E-state index contributed by atoms with van der Waals surface area (Å²) < 4.78 is 23.3. The summed E-state index contributed by atoms with van der Waals surface area (Å²) in [5, 5.41) is 13.8. The number of amides is 1. The molecule has 0 aromatic heterocycles. The van der Waals surface area contributed by atoms with Gasteiger partial charge in [-0.25, -0.2) is 0 Å². The van der Waals surface area contributed by atoms with Gasteiger partial charge in [-0.15, -0.1) is 0 Å². The lowest BCUT2D eigenvalue weighted by molar-refractivity contribution is -0.870. The van der Waals surface area contributed by atoms with E-state index in [1.54, 1.807) is 6.08 Å². The predicted octanol–water partition coefficient (Wildman–Crippen LogP) is 13.8. The first kappa shape index (κ1) is 58.5. The maximum Gasteiger partial charge on any atom is 0.268 e. The van der Waals surface area contributed by atoms with E-state index in [1.807, 2.05) is 27.2 Å². The van der Waals surface area contributed by atoms with Crippen LogP contribution in [0, 0.1) is 0 Å². The van der Waals surface area contributed by atoms with Crippen molar-refractivity contribution in [3.05, 3.63) is 48.6 Å². The fraction of sp³-hybridized carbons (Fsp3) is 0.824. The van der Waals surface area contributed by atoms with Crippen LogP contribution in [0.3, 0.4) is 0 Å². The Morgan fingerprint density at radius 1 is 0.583 bits per heavy atom. The molecule has 0 radical (unpaired) electrons. The van der Waals surface area contributed by atoms with Gasteiger partial charge in [-0.1, -0.05) is 204 Å². The molecule has 0 spiro atoms. The van der Waals surface area contributed by atoms with Crippen molar-refractivity contribution in [3.8, 4) is 0 Å². The summed E-state index contributed by atoms with van der Waals surface area (Å²) in [6.45, 7) is 4.62. The first-order chi connectivity index (χ1) is 29.0. The highest BCUT2D eigenvalue weighted by Crippen LogP contribution is 2.38. The molecule has 0 bridgehead atoms. The molecule has 0 fully saturated rings. The number of phosphoric ester groups is 1. The van der Waals surface area contributed by atoms with Gasteiger partial charge in [0.15, 0.2) is 0 Å². The Hall–Kier alpha value is -1.54. The molecule has 0 saturated carbocycles. The Morgan fingerprint density at radius 3 is 1.43 bits per heavy atom. The molecule has 0 aromatic rings. The zero-order valence-corrected chi connectivity index (χ0v) is 40.8. The van der Waals surface area contributed by atoms with Gasteiger partial charge in [-0.3, -0.25) is 9.36 Å². The smallest absolute Gasteiger partial charge is 0.268 e. The Kier molecular flexibility index (Phi) is 41.6. The molecule has 2 N–H and O–H groups in total. The van der Waals surface area contributed by atoms with E-state index in [-0.39, 0.29) is 19.1 Å². The molecule has 8 nitrogen and oxygen atoms in total. The van der Waals surface area contributed by atoms with Crippen LogP contribution in [0.25, 0.3) is 0 Å². The number of hydrogen-bond acceptors (Lipinski definition) is 6. The van der Waals surface area contributed by atoms with Crippen LogP contribution in [0.15, 0.2) is 48.6 Å². The minimum atomic E-state index is -4.60. The van der Waals surface area contributed by atoms with E-state index in [0.717, 1.165) is 64.2 Å². The third-order valence-electron chi connectivity index (χ3n) is 11.0. The van der Waals surface area contributed by atoms with Crippen molar-refractivity contribution in [1.29, 1.82) is 0 Å². The third kappa shape index (κ3) is 44.5. The summed E-state index contributed by atoms with van der Waals surface area (Å²) in [5.74, 6) is -0.210. The van der Waals surface area contributed by atoms with Gasteiger partial charge in [-0.05, 0) is 57.8 Å². The topological polar surface area (TPSA) is 108 Å². The highest BCUT2D eigenvalue weighted by molar-refractivity contribution is 7.45. The SMILES string of the molecule is CCCCC/C=C\C/C=C\C/C=C\CCCCCCCCC(=O)NC(COP(=O)([O-])OCC[N+](C)(C)C)C(O)/C=C/CCCCCCCCCCCCCCCCCCC. The molecule has 60 heavy (non-hydrogen) atoms. The number of carbonyl (C=O) groups is 1. The summed E-state index contributed by atoms with van der Waals surface area (Å²) in [5.41, 5.74) is 0. The van der Waals surface area contributed by atoms with Gasteiger partial charge in [0, 0.05) is 6.42 Å². The number of rotatable bonds is 45. The average molecular weight is 865 g/mol. The van der Waals surface area contributed by atoms with Crippen molar-refractivity contribution in [2.45, 2.75) is 231 Å². The van der Waals surface area contributed by atoms with Crippen molar-refractivity contribution in [2.75, 3.05) is 40.9 Å². The highest BCUT2D eigenvalue weighted by Gasteiger charge is 2.23. The average Bonchev–Trinajstić information content (AvgIpc) is 3.20. The second-order valence-electron chi connectivity index (χ2n) is 18.2. The molecule has 3 unspecified atom stereocenters. The van der Waals surface area contributed by atoms with Crippen molar-refractivity contribution in [1.82, 2.24) is 5.32 Å². The van der Waals surface area contributed by atoms with Crippen LogP contribution >= 0.6 is 7.82 Å². The summed E-state index contributed by atoms with van der Waals surface area (Å²) >= 11 is 0. The summed E-state index contributed by atoms with van der Waals surface area (Å²) in [6, 6.07) is -0.894. The van der Waals surface area contributed by atoms with Gasteiger partial charge >= 0.3 is 0 Å². The largest absolute Gasteiger partial charge is 0.756 e. The van der Waals surface area contributed by atoms with Gasteiger partial charge in [0.2, 0.25) is 5.91 Å². The molecule has 9 heteroatoms. The first-order valence-electron chi connectivity index (χ1n) is 25.0. The van der Waals surface area contributed by atoms with E-state index in [4.69, 9.17) is 9.05 Å². The summed E-state index contributed by atoms with van der Waals surface area (Å²) in [4.78, 5) is 25.4. The number of quaternary nitrogens is 1. The van der Waals surface area contributed by atoms with Crippen molar-refractivity contribution in [2.24, 2.45) is 0 Å². The quantitative estimate of drug-likeness (QED) is 0.0273. The second kappa shape index (κ2) is 42.7. The van der Waals surface area contributed by atoms with Crippen LogP contribution in [0.5, 0.6) is 0 Å². The first-order valence-corrected chi connectivity index (χ1v) is 26.5. The van der Waals surface area contributed by atoms with Crippen molar-refractivity contribution < 1.29 is 32.9 Å². The molecule has 0 saturated heterocycles. The van der Waals surface area contributed by atoms with Crippen LogP contribution in [-0.2, 0) is 18.4 Å². The fourth-order valence-corrected chi connectivity index (χ4v) is 7.76. The Balaban J connectivity index is 4.38. The van der Waals surface area contributed by atoms with Crippen LogP contribution in [0.4, 0.5) is 0 Å². The van der Waals surface area contributed by atoms with Crippen LogP contribution < -0.4 is 10.2 Å². The molecule has 0 aliphatic carbocycles. The number of unbranched alkanes of at least 4 members (excludes halogenated alkanes) is 26. The summed E-state index contributed by atoms with van der Waals surface area (Å²) in [6.07, 6.45) is 54.4. The number of nitrogens with zero attached hydrogens (tertiary/aromatic N) is 1. The highest BCUT2D eigenvalue weighted by atomic mass is 31.2. The van der Waals surface area contributed by atoms with Crippen LogP contribution in [0.1, 0.15) is 219 Å². The number of carbonyl (C=O) groups excluding carboxylic acids is 1. The molecule has 0 rings (SSSR count). The Morgan fingerprint density at radius 2 is 0.967 bits per heavy atom. The van der Waals surface area contributed by atoms with Crippen LogP contribution in [0.2, 0.25) is 0 Å². The maximum absolute atomic E-state index is 12.9. The van der Waals surface area contributed by atoms with Gasteiger partial charge in [-0.2, -0.15) is 0 Å². The third-order valence-corrected chi connectivity index (χ3v) is 12.0. The molecule has 0 heterocycles. The molecule has 3 atom stereocenters. The number of nitrogens with one attached hydrogen (secondary N) is 1. The molecule has 0 aliphatic heterocycles. The molecule has 0 aliphatic rings. The predicted molar refractivity (Wildman–Crippen MR) is 256 cm³/mol. The van der Waals surface area contributed by atoms with E-state index in [9.17, 15) is 19.4 Å². The lowest BCUT2D eigenvalue weighted by Crippen LogP contribution is -2.45. The van der Waals surface area contributed by atoms with E-state index < -0.39 is 20.0 Å². The zero-order valence-electron chi connectivity index (χ0n) is 39.9. The second-order valence-corrected chi connectivity index (χ2v) is 19.6. The standard InChI is InChI=1S/C51H97N2O6P/c1-6-8-10-12-14-16-18-20-22-24-26-28-30-32-34-36-38-40-42-44-50(54)49(48-59-60(56,57)58-47-46-53(3,4)5)52-51(55)45-43-41-39-37-35-33-31-29-27-25-23-21-19-17-15-13-11-9-7-2/h15,17,21,23,27,29,42,44,49-50,54H,6-14,16,18-20,22,24-26,28,30-41,43,45-48H2,1-5H3,(H-,52,55,56,57)/b17-15-,23-21-,29-27-,44-42+. The van der Waals surface area contributed by atoms with Gasteiger partial charge in [0.05, 0.1) is 39.9 Å². The number of likely N-dealkylation sites (N-methyl/N-ethyl adjacent to an activating group) is 1. The lowest BCUT2D eigenvalue weighted by Gasteiger charge is -2.29. The number of aliphatic hydroxyl groups is 1. The molecule has 352 valence electrons. The molecule has 0 aromatic carbocycles. The monoisotopic (exact) mass is 865 g/mol. The number of phosphoric acid groups is 1. The van der Waals surface area contributed by atoms with E-state index in [2.05, 4.69) is 55.6 Å². The van der Waals surface area contributed by atoms with E-state index >= 15 is 0 Å². The molecular formula is C51H97N2O6P. The minimum Gasteiger partial charge on any atom is -0.756 e. The number of aliphatic hydroxyl groups excluding tert-OH is 1. The van der Waals surface area contributed by atoms with Gasteiger partial charge < -0.3 is 28.8 Å². The van der Waals surface area contributed by atoms with Crippen molar-refractivity contribution in [3.63, 3.8) is 0 Å². The minimum absolute atomic E-state index is 0.00497. The Labute approximate surface area is 371 Å². The van der Waals surface area contributed by atoms with Crippen LogP contribution in [-0.4, -0.2) is 68.5 Å². The lowest BCUT2D eigenvalue weighted by atomic mass is 10.0. The van der Waals surface area contributed by atoms with Crippen molar-refractivity contribution >= 4 is 13.7 Å². The summed E-state index contributed by atoms with van der Waals surface area (Å²) in [7, 11) is 1.25. The van der Waals surface area contributed by atoms with Gasteiger partial charge in [0.25, 0.3) is 7.82 Å². The van der Waals surface area contributed by atoms with E-state index in [0.29, 0.717) is 17.4 Å². The number of hydrogen-bond donors (Lipinski definition) is 2. The molecule has 1 amide bonds. The van der Waals surface area contributed by atoms with Gasteiger partial charge in [0.1, 0.15) is 13.2 Å². The number of allylic oxidation sites excluding steroid dienone is 7. The fourth-order valence-electron chi connectivity index (χ4n) is 7.04. The molecular weight excluding hydrogens is 768 g/mol. The normalized spacial score (nSPS) is 14.6. The maximum atomic E-state index is 12.9. The zero-order chi connectivity index (χ0) is 44.3. The Bertz CT molecular complexity index is 1120.